The lowest BCUT2D eigenvalue weighted by molar-refractivity contribution is -0.274. The number of halogens is 4. The number of nitrogens with zero attached hydrogens (tertiary/aromatic N) is 2. The van der Waals surface area contributed by atoms with Crippen molar-refractivity contribution in [3.8, 4) is 5.75 Å². The molecule has 3 aromatic carbocycles. The molecule has 40 heavy (non-hydrogen) atoms. The third kappa shape index (κ3) is 6.38. The molecule has 1 aromatic heterocycles. The summed E-state index contributed by atoms with van der Waals surface area (Å²) >= 11 is 0. The quantitative estimate of drug-likeness (QED) is 0.235. The Morgan fingerprint density at radius 3 is 2.33 bits per heavy atom. The zero-order valence-electron chi connectivity index (χ0n) is 22.3. The van der Waals surface area contributed by atoms with Crippen LogP contribution in [0.4, 0.5) is 34.9 Å². The van der Waals surface area contributed by atoms with Crippen LogP contribution in [0.25, 0.3) is 11.0 Å². The molecule has 0 unspecified atom stereocenters. The van der Waals surface area contributed by atoms with Crippen LogP contribution in [0.1, 0.15) is 56.4 Å². The van der Waals surface area contributed by atoms with Gasteiger partial charge in [-0.3, -0.25) is 4.79 Å². The standard InChI is InChI=1S/C30H30F4N4O2/c1-18-14-23(17-29(2,3)16-18)38-26-15-19(27(39)35-21-7-5-20(31)6-8-21)4-13-25(26)37-28(38)36-22-9-11-24(12-10-22)40-30(32,33)34/h4-13,15,18,23H,14,16-17H2,1-3H3,(H,35,39)(H,36,37)/t18-,23+/m0/s1. The van der Waals surface area contributed by atoms with Crippen LogP contribution < -0.4 is 15.4 Å². The number of anilines is 3. The van der Waals surface area contributed by atoms with E-state index in [2.05, 4.69) is 40.7 Å². The van der Waals surface area contributed by atoms with Crippen LogP contribution in [-0.4, -0.2) is 21.8 Å². The molecule has 2 atom stereocenters. The third-order valence-corrected chi connectivity index (χ3v) is 7.13. The molecular weight excluding hydrogens is 524 g/mol. The Balaban J connectivity index is 1.51. The lowest BCUT2D eigenvalue weighted by Crippen LogP contribution is -2.29. The molecule has 0 bridgehead atoms. The van der Waals surface area contributed by atoms with Crippen LogP contribution in [-0.2, 0) is 0 Å². The molecule has 1 aliphatic carbocycles. The Morgan fingerprint density at radius 1 is 1.00 bits per heavy atom. The van der Waals surface area contributed by atoms with Crippen molar-refractivity contribution in [2.45, 2.75) is 52.4 Å². The van der Waals surface area contributed by atoms with Crippen LogP contribution in [0.5, 0.6) is 5.75 Å². The van der Waals surface area contributed by atoms with Gasteiger partial charge in [0.05, 0.1) is 11.0 Å². The average molecular weight is 555 g/mol. The molecule has 10 heteroatoms. The van der Waals surface area contributed by atoms with E-state index < -0.39 is 12.2 Å². The predicted molar refractivity (Wildman–Crippen MR) is 146 cm³/mol. The van der Waals surface area contributed by atoms with Gasteiger partial charge in [0.25, 0.3) is 5.91 Å². The highest BCUT2D eigenvalue weighted by molar-refractivity contribution is 6.06. The molecule has 2 N–H and O–H groups in total. The molecule has 4 aromatic rings. The van der Waals surface area contributed by atoms with E-state index in [1.54, 1.807) is 18.2 Å². The van der Waals surface area contributed by atoms with Crippen molar-refractivity contribution in [2.24, 2.45) is 11.3 Å². The summed E-state index contributed by atoms with van der Waals surface area (Å²) in [5.41, 5.74) is 2.97. The van der Waals surface area contributed by atoms with Crippen molar-refractivity contribution in [1.29, 1.82) is 0 Å². The van der Waals surface area contributed by atoms with Gasteiger partial charge in [-0.2, -0.15) is 0 Å². The van der Waals surface area contributed by atoms with Gasteiger partial charge in [0.2, 0.25) is 5.95 Å². The van der Waals surface area contributed by atoms with Crippen molar-refractivity contribution in [3.05, 3.63) is 78.1 Å². The van der Waals surface area contributed by atoms with Crippen LogP contribution in [0.15, 0.2) is 66.7 Å². The minimum absolute atomic E-state index is 0.0782. The lowest BCUT2D eigenvalue weighted by atomic mass is 9.70. The highest BCUT2D eigenvalue weighted by Crippen LogP contribution is 2.46. The topological polar surface area (TPSA) is 68.2 Å². The van der Waals surface area contributed by atoms with Crippen molar-refractivity contribution in [3.63, 3.8) is 0 Å². The Hall–Kier alpha value is -4.08. The second kappa shape index (κ2) is 10.5. The molecule has 1 amide bonds. The molecule has 1 saturated carbocycles. The van der Waals surface area contributed by atoms with Gasteiger partial charge < -0.3 is 19.9 Å². The molecule has 1 heterocycles. The van der Waals surface area contributed by atoms with E-state index in [1.165, 1.54) is 48.5 Å². The van der Waals surface area contributed by atoms with Crippen molar-refractivity contribution in [1.82, 2.24) is 9.55 Å². The SMILES string of the molecule is C[C@H]1C[C@@H](n2c(Nc3ccc(OC(F)(F)F)cc3)nc3ccc(C(=O)Nc4ccc(F)cc4)cc32)CC(C)(C)C1. The van der Waals surface area contributed by atoms with Crippen molar-refractivity contribution < 1.29 is 27.1 Å². The van der Waals surface area contributed by atoms with Crippen molar-refractivity contribution in [2.75, 3.05) is 10.6 Å². The Labute approximate surface area is 229 Å². The maximum absolute atomic E-state index is 13.3. The van der Waals surface area contributed by atoms with E-state index in [4.69, 9.17) is 4.98 Å². The number of hydrogen-bond acceptors (Lipinski definition) is 4. The predicted octanol–water partition coefficient (Wildman–Crippen LogP) is 8.46. The first-order chi connectivity index (χ1) is 18.8. The third-order valence-electron chi connectivity index (χ3n) is 7.13. The minimum Gasteiger partial charge on any atom is -0.406 e. The highest BCUT2D eigenvalue weighted by Gasteiger charge is 2.35. The minimum atomic E-state index is -4.77. The molecule has 0 aliphatic heterocycles. The van der Waals surface area contributed by atoms with E-state index in [1.807, 2.05) is 0 Å². The van der Waals surface area contributed by atoms with Crippen LogP contribution in [0, 0.1) is 17.2 Å². The van der Waals surface area contributed by atoms with Gasteiger partial charge >= 0.3 is 6.36 Å². The number of carbonyl (C=O) groups excluding carboxylic acids is 1. The van der Waals surface area contributed by atoms with Crippen LogP contribution >= 0.6 is 0 Å². The number of benzene rings is 3. The van der Waals surface area contributed by atoms with E-state index in [9.17, 15) is 22.4 Å². The smallest absolute Gasteiger partial charge is 0.406 e. The molecule has 0 radical (unpaired) electrons. The Kier molecular flexibility index (Phi) is 7.20. The lowest BCUT2D eigenvalue weighted by Gasteiger charge is -2.40. The van der Waals surface area contributed by atoms with Gasteiger partial charge in [0.15, 0.2) is 0 Å². The molecule has 6 nitrogen and oxygen atoms in total. The number of rotatable bonds is 6. The first-order valence-electron chi connectivity index (χ1n) is 13.1. The van der Waals surface area contributed by atoms with Gasteiger partial charge in [0.1, 0.15) is 11.6 Å². The van der Waals surface area contributed by atoms with Gasteiger partial charge in [-0.15, -0.1) is 13.2 Å². The Morgan fingerprint density at radius 2 is 1.68 bits per heavy atom. The monoisotopic (exact) mass is 554 g/mol. The Bertz CT molecular complexity index is 1510. The number of aromatic nitrogens is 2. The van der Waals surface area contributed by atoms with E-state index >= 15 is 0 Å². The summed E-state index contributed by atoms with van der Waals surface area (Å²) < 4.78 is 57.2. The number of alkyl halides is 3. The van der Waals surface area contributed by atoms with E-state index in [-0.39, 0.29) is 23.1 Å². The maximum atomic E-state index is 13.3. The van der Waals surface area contributed by atoms with Crippen LogP contribution in [0.3, 0.4) is 0 Å². The highest BCUT2D eigenvalue weighted by atomic mass is 19.4. The van der Waals surface area contributed by atoms with Gasteiger partial charge in [0, 0.05) is 23.0 Å². The number of hydrogen-bond donors (Lipinski definition) is 2. The average Bonchev–Trinajstić information content (AvgIpc) is 3.21. The summed E-state index contributed by atoms with van der Waals surface area (Å²) in [6, 6.07) is 16.3. The fourth-order valence-electron chi connectivity index (χ4n) is 5.79. The summed E-state index contributed by atoms with van der Waals surface area (Å²) in [6.45, 7) is 6.70. The van der Waals surface area contributed by atoms with Gasteiger partial charge in [-0.25, -0.2) is 9.37 Å². The number of imidazole rings is 1. The molecule has 1 fully saturated rings. The van der Waals surface area contributed by atoms with Gasteiger partial charge in [-0.05, 0) is 97.3 Å². The van der Waals surface area contributed by atoms with Gasteiger partial charge in [-0.1, -0.05) is 20.8 Å². The van der Waals surface area contributed by atoms with E-state index in [0.29, 0.717) is 34.3 Å². The molecule has 5 rings (SSSR count). The van der Waals surface area contributed by atoms with E-state index in [0.717, 1.165) is 24.8 Å². The normalized spacial score (nSPS) is 18.9. The molecule has 1 aliphatic rings. The second-order valence-electron chi connectivity index (χ2n) is 11.2. The van der Waals surface area contributed by atoms with Crippen molar-refractivity contribution >= 4 is 34.3 Å². The summed E-state index contributed by atoms with van der Waals surface area (Å²) in [5.74, 6) is -0.0524. The first-order valence-corrected chi connectivity index (χ1v) is 13.1. The number of nitrogens with one attached hydrogen (secondary N) is 2. The number of fused-ring (bicyclic) bond motifs is 1. The molecule has 210 valence electrons. The molecule has 0 saturated heterocycles. The maximum Gasteiger partial charge on any atom is 0.573 e. The number of amides is 1. The summed E-state index contributed by atoms with van der Waals surface area (Å²) in [4.78, 5) is 17.9. The summed E-state index contributed by atoms with van der Waals surface area (Å²) in [6.07, 6.45) is -1.88. The number of ether oxygens (including phenoxy) is 1. The largest absolute Gasteiger partial charge is 0.573 e. The zero-order chi connectivity index (χ0) is 28.7. The molecular formula is C30H30F4N4O2. The van der Waals surface area contributed by atoms with Crippen LogP contribution in [0.2, 0.25) is 0 Å². The fourth-order valence-corrected chi connectivity index (χ4v) is 5.79. The zero-order valence-corrected chi connectivity index (χ0v) is 22.3. The second-order valence-corrected chi connectivity index (χ2v) is 11.2. The summed E-state index contributed by atoms with van der Waals surface area (Å²) in [5, 5.41) is 6.06. The molecule has 0 spiro atoms. The number of carbonyl (C=O) groups is 1. The first kappa shape index (κ1) is 27.5. The fraction of sp³-hybridized carbons (Fsp3) is 0.333. The summed E-state index contributed by atoms with van der Waals surface area (Å²) in [7, 11) is 0.